The summed E-state index contributed by atoms with van der Waals surface area (Å²) in [5.74, 6) is 1.37. The van der Waals surface area contributed by atoms with Crippen molar-refractivity contribution >= 4 is 10.0 Å². The number of sulfonamides is 1. The van der Waals surface area contributed by atoms with E-state index in [0.29, 0.717) is 23.5 Å². The highest BCUT2D eigenvalue weighted by atomic mass is 32.2. The summed E-state index contributed by atoms with van der Waals surface area (Å²) in [6, 6.07) is 1.84. The Morgan fingerprint density at radius 3 is 2.35 bits per heavy atom. The summed E-state index contributed by atoms with van der Waals surface area (Å²) in [7, 11) is -0.743. The maximum Gasteiger partial charge on any atom is 0.242 e. The third-order valence-corrected chi connectivity index (χ3v) is 5.60. The molecule has 0 spiro atoms. The van der Waals surface area contributed by atoms with Crippen LogP contribution in [-0.2, 0) is 16.4 Å². The molecule has 2 rings (SSSR count). The molecule has 0 aliphatic heterocycles. The summed E-state index contributed by atoms with van der Waals surface area (Å²) < 4.78 is 35.5. The van der Waals surface area contributed by atoms with Crippen molar-refractivity contribution in [2.24, 2.45) is 5.14 Å². The number of aryl methyl sites for hydroxylation is 1. The van der Waals surface area contributed by atoms with Gasteiger partial charge in [-0.1, -0.05) is 26.2 Å². The van der Waals surface area contributed by atoms with Crippen molar-refractivity contribution in [1.29, 1.82) is 0 Å². The zero-order valence-corrected chi connectivity index (χ0v) is 15.0. The van der Waals surface area contributed by atoms with Crippen molar-refractivity contribution in [3.63, 3.8) is 0 Å². The minimum absolute atomic E-state index is 0.138. The largest absolute Gasteiger partial charge is 0.496 e. The average molecular weight is 341 g/mol. The molecule has 0 unspecified atom stereocenters. The quantitative estimate of drug-likeness (QED) is 0.735. The standard InChI is InChI=1S/C17H27NO4S/c1-4-5-6-8-13-11-14(21-2)15(12-9-7-10-12)16(22-3)17(13)23(18,19)20/h11-12H,4-10H2,1-3H3,(H2,18,19,20). The van der Waals surface area contributed by atoms with Crippen molar-refractivity contribution in [2.75, 3.05) is 14.2 Å². The number of hydrogen-bond acceptors (Lipinski definition) is 4. The van der Waals surface area contributed by atoms with Gasteiger partial charge in [-0.25, -0.2) is 13.6 Å². The first-order chi connectivity index (χ1) is 10.9. The minimum Gasteiger partial charge on any atom is -0.496 e. The van der Waals surface area contributed by atoms with Gasteiger partial charge in [-0.2, -0.15) is 0 Å². The molecular weight excluding hydrogens is 314 g/mol. The molecule has 1 saturated carbocycles. The Morgan fingerprint density at radius 2 is 1.91 bits per heavy atom. The number of hydrogen-bond donors (Lipinski definition) is 1. The smallest absolute Gasteiger partial charge is 0.242 e. The highest BCUT2D eigenvalue weighted by Gasteiger charge is 2.32. The number of unbranched alkanes of at least 4 members (excludes halogenated alkanes) is 2. The van der Waals surface area contributed by atoms with Crippen LogP contribution in [0.1, 0.15) is 62.5 Å². The van der Waals surface area contributed by atoms with Crippen LogP contribution in [0.15, 0.2) is 11.0 Å². The van der Waals surface area contributed by atoms with Crippen molar-refractivity contribution in [3.8, 4) is 11.5 Å². The maximum atomic E-state index is 12.2. The lowest BCUT2D eigenvalue weighted by Crippen LogP contribution is -2.20. The zero-order chi connectivity index (χ0) is 17.0. The van der Waals surface area contributed by atoms with Crippen LogP contribution in [0.2, 0.25) is 0 Å². The van der Waals surface area contributed by atoms with Crippen LogP contribution in [0, 0.1) is 0 Å². The zero-order valence-electron chi connectivity index (χ0n) is 14.2. The number of nitrogens with two attached hydrogens (primary N) is 1. The highest BCUT2D eigenvalue weighted by Crippen LogP contribution is 2.49. The SMILES string of the molecule is CCCCCc1cc(OC)c(C2CCC2)c(OC)c1S(N)(=O)=O. The molecule has 0 aromatic heterocycles. The second kappa shape index (κ2) is 7.53. The van der Waals surface area contributed by atoms with E-state index < -0.39 is 10.0 Å². The third kappa shape index (κ3) is 3.80. The van der Waals surface area contributed by atoms with Crippen LogP contribution in [0.3, 0.4) is 0 Å². The maximum absolute atomic E-state index is 12.2. The number of rotatable bonds is 8. The first-order valence-electron chi connectivity index (χ1n) is 8.24. The fraction of sp³-hybridized carbons (Fsp3) is 0.647. The summed E-state index contributed by atoms with van der Waals surface area (Å²) in [5.41, 5.74) is 1.54. The second-order valence-electron chi connectivity index (χ2n) is 6.14. The lowest BCUT2D eigenvalue weighted by atomic mass is 9.78. The van der Waals surface area contributed by atoms with Gasteiger partial charge in [0.2, 0.25) is 10.0 Å². The van der Waals surface area contributed by atoms with Crippen LogP contribution < -0.4 is 14.6 Å². The summed E-state index contributed by atoms with van der Waals surface area (Å²) >= 11 is 0. The molecule has 5 nitrogen and oxygen atoms in total. The number of ether oxygens (including phenoxy) is 2. The molecule has 0 saturated heterocycles. The van der Waals surface area contributed by atoms with Gasteiger partial charge in [-0.3, -0.25) is 0 Å². The van der Waals surface area contributed by atoms with E-state index in [1.165, 1.54) is 7.11 Å². The van der Waals surface area contributed by atoms with E-state index in [-0.39, 0.29) is 10.8 Å². The van der Waals surface area contributed by atoms with Crippen LogP contribution >= 0.6 is 0 Å². The molecule has 2 N–H and O–H groups in total. The van der Waals surface area contributed by atoms with E-state index >= 15 is 0 Å². The van der Waals surface area contributed by atoms with E-state index in [9.17, 15) is 8.42 Å². The Morgan fingerprint density at radius 1 is 1.22 bits per heavy atom. The Labute approximate surface area is 139 Å². The second-order valence-corrected chi connectivity index (χ2v) is 7.64. The Bertz CT molecular complexity index is 651. The van der Waals surface area contributed by atoms with E-state index in [4.69, 9.17) is 14.6 Å². The van der Waals surface area contributed by atoms with E-state index in [1.54, 1.807) is 7.11 Å². The summed E-state index contributed by atoms with van der Waals surface area (Å²) in [6.07, 6.45) is 6.85. The monoisotopic (exact) mass is 341 g/mol. The van der Waals surface area contributed by atoms with Crippen molar-refractivity contribution in [1.82, 2.24) is 0 Å². The van der Waals surface area contributed by atoms with Gasteiger partial charge in [0.25, 0.3) is 0 Å². The molecule has 1 aromatic carbocycles. The van der Waals surface area contributed by atoms with E-state index in [0.717, 1.165) is 44.1 Å². The van der Waals surface area contributed by atoms with Gasteiger partial charge in [-0.15, -0.1) is 0 Å². The Kier molecular flexibility index (Phi) is 5.92. The van der Waals surface area contributed by atoms with Gasteiger partial charge >= 0.3 is 0 Å². The molecule has 6 heteroatoms. The molecule has 1 aliphatic rings. The lowest BCUT2D eigenvalue weighted by molar-refractivity contribution is 0.339. The highest BCUT2D eigenvalue weighted by molar-refractivity contribution is 7.89. The van der Waals surface area contributed by atoms with E-state index in [2.05, 4.69) is 6.92 Å². The molecule has 130 valence electrons. The summed E-state index contributed by atoms with van der Waals surface area (Å²) in [4.78, 5) is 0.138. The summed E-state index contributed by atoms with van der Waals surface area (Å²) in [6.45, 7) is 2.11. The fourth-order valence-electron chi connectivity index (χ4n) is 3.20. The van der Waals surface area contributed by atoms with E-state index in [1.807, 2.05) is 6.07 Å². The minimum atomic E-state index is -3.86. The Balaban J connectivity index is 2.61. The molecule has 0 radical (unpaired) electrons. The first-order valence-corrected chi connectivity index (χ1v) is 9.79. The predicted molar refractivity (Wildman–Crippen MR) is 90.7 cm³/mol. The van der Waals surface area contributed by atoms with Crippen molar-refractivity contribution < 1.29 is 17.9 Å². The fourth-order valence-corrected chi connectivity index (χ4v) is 4.18. The van der Waals surface area contributed by atoms with Gasteiger partial charge in [0.05, 0.1) is 14.2 Å². The molecule has 1 aromatic rings. The van der Waals surface area contributed by atoms with Crippen LogP contribution in [-0.4, -0.2) is 22.6 Å². The number of methoxy groups -OCH3 is 2. The number of benzene rings is 1. The van der Waals surface area contributed by atoms with Gasteiger partial charge in [-0.05, 0) is 43.2 Å². The van der Waals surface area contributed by atoms with Gasteiger partial charge in [0, 0.05) is 5.56 Å². The average Bonchev–Trinajstić information content (AvgIpc) is 2.44. The van der Waals surface area contributed by atoms with Gasteiger partial charge in [0.1, 0.15) is 16.4 Å². The molecule has 0 heterocycles. The Hall–Kier alpha value is -1.27. The molecule has 0 amide bonds. The first kappa shape index (κ1) is 18.1. The van der Waals surface area contributed by atoms with Crippen LogP contribution in [0.25, 0.3) is 0 Å². The lowest BCUT2D eigenvalue weighted by Gasteiger charge is -2.30. The molecule has 0 atom stereocenters. The van der Waals surface area contributed by atoms with Gasteiger partial charge in [0.15, 0.2) is 0 Å². The molecule has 0 bridgehead atoms. The topological polar surface area (TPSA) is 78.6 Å². The summed E-state index contributed by atoms with van der Waals surface area (Å²) in [5, 5.41) is 5.51. The normalized spacial score (nSPS) is 15.3. The molecule has 1 aliphatic carbocycles. The van der Waals surface area contributed by atoms with Gasteiger partial charge < -0.3 is 9.47 Å². The van der Waals surface area contributed by atoms with Crippen molar-refractivity contribution in [2.45, 2.75) is 62.7 Å². The van der Waals surface area contributed by atoms with Crippen LogP contribution in [0.5, 0.6) is 11.5 Å². The van der Waals surface area contributed by atoms with Crippen molar-refractivity contribution in [3.05, 3.63) is 17.2 Å². The molecule has 23 heavy (non-hydrogen) atoms. The van der Waals surface area contributed by atoms with Crippen LogP contribution in [0.4, 0.5) is 0 Å². The third-order valence-electron chi connectivity index (χ3n) is 4.58. The predicted octanol–water partition coefficient (Wildman–Crippen LogP) is 3.35. The number of primary sulfonamides is 1. The molecular formula is C17H27NO4S. The molecule has 1 fully saturated rings.